The number of hydrogen-bond acceptors (Lipinski definition) is 3. The fourth-order valence-corrected chi connectivity index (χ4v) is 8.67. The number of aromatic nitrogens is 1. The quantitative estimate of drug-likeness (QED) is 0.198. The fraction of sp³-hybridized carbons (Fsp3) is 0. The smallest absolute Gasteiger partial charge is 0.143 e. The molecule has 0 saturated carbocycles. The minimum absolute atomic E-state index is 0.683. The number of para-hydroxylation sites is 3. The van der Waals surface area contributed by atoms with Gasteiger partial charge < -0.3 is 8.98 Å². The summed E-state index contributed by atoms with van der Waals surface area (Å²) in [6.45, 7) is 0. The summed E-state index contributed by atoms with van der Waals surface area (Å²) in [4.78, 5) is 0. The molecule has 0 aliphatic rings. The molecule has 3 nitrogen and oxygen atoms in total. The second-order valence-corrected chi connectivity index (χ2v) is 13.0. The zero-order valence-corrected chi connectivity index (χ0v) is 25.9. The summed E-state index contributed by atoms with van der Waals surface area (Å²) in [5, 5.41) is 17.1. The van der Waals surface area contributed by atoms with Gasteiger partial charge in [0.15, 0.2) is 0 Å². The molecule has 0 fully saturated rings. The molecule has 10 aromatic rings. The monoisotopic (exact) mass is 616 g/mol. The highest BCUT2D eigenvalue weighted by atomic mass is 32.1. The van der Waals surface area contributed by atoms with Gasteiger partial charge in [-0.15, -0.1) is 11.3 Å². The molecule has 0 unspecified atom stereocenters. The maximum Gasteiger partial charge on any atom is 0.143 e. The normalized spacial score (nSPS) is 11.8. The van der Waals surface area contributed by atoms with Crippen molar-refractivity contribution >= 4 is 75.3 Å². The van der Waals surface area contributed by atoms with Crippen LogP contribution in [0, 0.1) is 11.3 Å². The van der Waals surface area contributed by atoms with E-state index in [9.17, 15) is 5.26 Å². The van der Waals surface area contributed by atoms with E-state index in [2.05, 4.69) is 138 Å². The topological polar surface area (TPSA) is 41.9 Å². The number of nitriles is 1. The summed E-state index contributed by atoms with van der Waals surface area (Å²) >= 11 is 1.70. The van der Waals surface area contributed by atoms with Crippen LogP contribution < -0.4 is 0 Å². The standard InChI is InChI=1S/C43H24N2OS/c44-25-28-20-22-31(33-15-8-14-32-30-13-5-7-19-39(30)46-41(32)33)40-34-16-9-18-38(43(34)47-42(28)40)45-36-17-6-4-12-29(36)35-24-27(21-23-37(35)45)26-10-2-1-3-11-26/h1-24H. The van der Waals surface area contributed by atoms with Gasteiger partial charge in [0, 0.05) is 37.9 Å². The predicted molar refractivity (Wildman–Crippen MR) is 197 cm³/mol. The van der Waals surface area contributed by atoms with Crippen LogP contribution >= 0.6 is 11.3 Å². The van der Waals surface area contributed by atoms with Crippen LogP contribution in [0.1, 0.15) is 5.56 Å². The molecule has 0 amide bonds. The lowest BCUT2D eigenvalue weighted by Crippen LogP contribution is -1.93. The highest BCUT2D eigenvalue weighted by molar-refractivity contribution is 7.26. The summed E-state index contributed by atoms with van der Waals surface area (Å²) in [5.41, 5.74) is 10.4. The van der Waals surface area contributed by atoms with Gasteiger partial charge in [0.05, 0.1) is 31.7 Å². The highest BCUT2D eigenvalue weighted by Crippen LogP contribution is 2.47. The molecule has 7 aromatic carbocycles. The molecule has 0 aliphatic carbocycles. The summed E-state index contributed by atoms with van der Waals surface area (Å²) < 4.78 is 11.0. The van der Waals surface area contributed by atoms with Gasteiger partial charge in [0.25, 0.3) is 0 Å². The number of hydrogen-bond donors (Lipinski definition) is 0. The summed E-state index contributed by atoms with van der Waals surface area (Å²) in [7, 11) is 0. The Balaban J connectivity index is 1.28. The molecular formula is C43H24N2OS. The maximum atomic E-state index is 10.3. The zero-order valence-electron chi connectivity index (χ0n) is 25.1. The van der Waals surface area contributed by atoms with E-state index in [-0.39, 0.29) is 0 Å². The minimum Gasteiger partial charge on any atom is -0.455 e. The van der Waals surface area contributed by atoms with E-state index < -0.39 is 0 Å². The van der Waals surface area contributed by atoms with Crippen molar-refractivity contribution in [2.45, 2.75) is 0 Å². The molecule has 0 atom stereocenters. The van der Waals surface area contributed by atoms with E-state index >= 15 is 0 Å². The van der Waals surface area contributed by atoms with Gasteiger partial charge in [-0.1, -0.05) is 109 Å². The van der Waals surface area contributed by atoms with E-state index in [1.165, 1.54) is 21.9 Å². The Kier molecular flexibility index (Phi) is 5.51. The van der Waals surface area contributed by atoms with Crippen LogP contribution in [-0.4, -0.2) is 4.57 Å². The maximum absolute atomic E-state index is 10.3. The fourth-order valence-electron chi connectivity index (χ4n) is 7.38. The van der Waals surface area contributed by atoms with Crippen molar-refractivity contribution in [2.24, 2.45) is 0 Å². The Bertz CT molecular complexity index is 2920. The molecule has 10 rings (SSSR count). The molecule has 0 saturated heterocycles. The lowest BCUT2D eigenvalue weighted by Gasteiger charge is -2.10. The highest BCUT2D eigenvalue weighted by Gasteiger charge is 2.21. The van der Waals surface area contributed by atoms with E-state index in [1.54, 1.807) is 11.3 Å². The van der Waals surface area contributed by atoms with Crippen molar-refractivity contribution in [3.8, 4) is 34.0 Å². The third-order valence-corrected chi connectivity index (χ3v) is 10.7. The molecule has 0 bridgehead atoms. The lowest BCUT2D eigenvalue weighted by atomic mass is 9.96. The Hall–Kier alpha value is -6.15. The molecule has 47 heavy (non-hydrogen) atoms. The molecule has 0 aliphatic heterocycles. The first-order chi connectivity index (χ1) is 23.3. The number of thiophene rings is 1. The summed E-state index contributed by atoms with van der Waals surface area (Å²) in [6.07, 6.45) is 0. The van der Waals surface area contributed by atoms with E-state index in [4.69, 9.17) is 4.42 Å². The molecular weight excluding hydrogens is 593 g/mol. The van der Waals surface area contributed by atoms with Crippen molar-refractivity contribution in [2.75, 3.05) is 0 Å². The number of fused-ring (bicyclic) bond motifs is 9. The first-order valence-corrected chi connectivity index (χ1v) is 16.5. The van der Waals surface area contributed by atoms with Crippen LogP contribution in [0.25, 0.3) is 91.9 Å². The molecule has 4 heteroatoms. The van der Waals surface area contributed by atoms with Crippen molar-refractivity contribution in [3.63, 3.8) is 0 Å². The Labute approximate surface area is 273 Å². The molecule has 218 valence electrons. The molecule has 0 N–H and O–H groups in total. The van der Waals surface area contributed by atoms with Crippen LogP contribution in [0.4, 0.5) is 0 Å². The number of rotatable bonds is 3. The van der Waals surface area contributed by atoms with Crippen molar-refractivity contribution in [3.05, 3.63) is 151 Å². The van der Waals surface area contributed by atoms with Crippen LogP contribution in [-0.2, 0) is 0 Å². The van der Waals surface area contributed by atoms with Gasteiger partial charge in [-0.05, 0) is 53.1 Å². The summed E-state index contributed by atoms with van der Waals surface area (Å²) in [6, 6.07) is 53.6. The average molecular weight is 617 g/mol. The molecule has 0 radical (unpaired) electrons. The van der Waals surface area contributed by atoms with Crippen LogP contribution in [0.15, 0.2) is 150 Å². The van der Waals surface area contributed by atoms with E-state index in [1.807, 2.05) is 18.2 Å². The van der Waals surface area contributed by atoms with Gasteiger partial charge in [0.1, 0.15) is 17.2 Å². The van der Waals surface area contributed by atoms with Crippen molar-refractivity contribution in [1.82, 2.24) is 4.57 Å². The van der Waals surface area contributed by atoms with Gasteiger partial charge in [-0.2, -0.15) is 5.26 Å². The predicted octanol–water partition coefficient (Wildman–Crippen LogP) is 12.3. The second-order valence-electron chi connectivity index (χ2n) is 12.0. The first-order valence-electron chi connectivity index (χ1n) is 15.7. The molecule has 3 aromatic heterocycles. The van der Waals surface area contributed by atoms with Gasteiger partial charge in [-0.25, -0.2) is 0 Å². The zero-order chi connectivity index (χ0) is 31.1. The lowest BCUT2D eigenvalue weighted by molar-refractivity contribution is 0.670. The minimum atomic E-state index is 0.683. The van der Waals surface area contributed by atoms with E-state index in [0.29, 0.717) is 5.56 Å². The Morgan fingerprint density at radius 1 is 0.532 bits per heavy atom. The van der Waals surface area contributed by atoms with Crippen LogP contribution in [0.5, 0.6) is 0 Å². The van der Waals surface area contributed by atoms with Crippen LogP contribution in [0.3, 0.4) is 0 Å². The number of nitrogens with zero attached hydrogens (tertiary/aromatic N) is 2. The molecule has 0 spiro atoms. The largest absolute Gasteiger partial charge is 0.455 e. The van der Waals surface area contributed by atoms with Crippen molar-refractivity contribution in [1.29, 1.82) is 5.26 Å². The Morgan fingerprint density at radius 2 is 1.28 bits per heavy atom. The number of benzene rings is 7. The van der Waals surface area contributed by atoms with Gasteiger partial charge in [0.2, 0.25) is 0 Å². The third kappa shape index (κ3) is 3.72. The first kappa shape index (κ1) is 26.1. The average Bonchev–Trinajstić information content (AvgIpc) is 3.81. The second kappa shape index (κ2) is 9.92. The SMILES string of the molecule is N#Cc1ccc(-c2cccc3c2oc2ccccc23)c2c1sc1c(-n3c4ccccc4c4cc(-c5ccccc5)ccc43)cccc12. The van der Waals surface area contributed by atoms with Gasteiger partial charge in [-0.3, -0.25) is 0 Å². The molecule has 3 heterocycles. The third-order valence-electron chi connectivity index (χ3n) is 9.46. The van der Waals surface area contributed by atoms with Crippen molar-refractivity contribution < 1.29 is 4.42 Å². The number of furan rings is 1. The van der Waals surface area contributed by atoms with Crippen LogP contribution in [0.2, 0.25) is 0 Å². The van der Waals surface area contributed by atoms with Gasteiger partial charge >= 0.3 is 0 Å². The Morgan fingerprint density at radius 3 is 2.17 bits per heavy atom. The summed E-state index contributed by atoms with van der Waals surface area (Å²) in [5.74, 6) is 0. The van der Waals surface area contributed by atoms with E-state index in [0.717, 1.165) is 70.0 Å².